The molecule has 0 bridgehead atoms. The van der Waals surface area contributed by atoms with Crippen molar-refractivity contribution < 1.29 is 10.2 Å². The third-order valence-electron chi connectivity index (χ3n) is 2.79. The number of aryl methyl sites for hydroxylation is 1. The molecular weight excluding hydrogens is 192 g/mol. The summed E-state index contributed by atoms with van der Waals surface area (Å²) in [5, 5.41) is 20.9. The third-order valence-corrected chi connectivity index (χ3v) is 2.79. The van der Waals surface area contributed by atoms with Crippen LogP contribution in [0.4, 0.5) is 0 Å². The van der Waals surface area contributed by atoms with Gasteiger partial charge in [-0.25, -0.2) is 0 Å². The highest BCUT2D eigenvalue weighted by atomic mass is 16.3. The molecule has 86 valence electrons. The van der Waals surface area contributed by atoms with E-state index in [-0.39, 0.29) is 6.61 Å². The summed E-state index contributed by atoms with van der Waals surface area (Å²) in [6.07, 6.45) is -0.671. The van der Waals surface area contributed by atoms with Crippen molar-refractivity contribution in [3.63, 3.8) is 0 Å². The lowest BCUT2D eigenvalue weighted by molar-refractivity contribution is 0.0942. The van der Waals surface area contributed by atoms with E-state index in [2.05, 4.69) is 29.8 Å². The van der Waals surface area contributed by atoms with Crippen LogP contribution in [0.5, 0.6) is 0 Å². The monoisotopic (exact) mass is 212 g/mol. The molecule has 0 aliphatic rings. The molecule has 0 saturated carbocycles. The van der Waals surface area contributed by atoms with Crippen LogP contribution >= 0.6 is 0 Å². The number of nitrogens with one attached hydrogen (secondary N) is 1. The van der Waals surface area contributed by atoms with Crippen LogP contribution in [0.2, 0.25) is 0 Å². The normalized spacial score (nSPS) is 13.1. The zero-order valence-electron chi connectivity index (χ0n) is 9.62. The minimum absolute atomic E-state index is 0.195. The van der Waals surface area contributed by atoms with Crippen molar-refractivity contribution in [2.24, 2.45) is 7.05 Å². The third kappa shape index (κ3) is 3.06. The van der Waals surface area contributed by atoms with Crippen LogP contribution in [0.1, 0.15) is 17.0 Å². The van der Waals surface area contributed by atoms with Gasteiger partial charge in [0.25, 0.3) is 0 Å². The minimum atomic E-state index is -0.671. The van der Waals surface area contributed by atoms with Gasteiger partial charge in [-0.1, -0.05) is 0 Å². The van der Waals surface area contributed by atoms with Crippen LogP contribution in [0.15, 0.2) is 6.07 Å². The van der Waals surface area contributed by atoms with Gasteiger partial charge in [-0.3, -0.25) is 0 Å². The molecule has 0 aliphatic carbocycles. The lowest BCUT2D eigenvalue weighted by Crippen LogP contribution is -2.29. The van der Waals surface area contributed by atoms with E-state index in [1.54, 1.807) is 0 Å². The summed E-state index contributed by atoms with van der Waals surface area (Å²) in [5.41, 5.74) is 3.70. The van der Waals surface area contributed by atoms with Gasteiger partial charge in [0.1, 0.15) is 0 Å². The second-order valence-electron chi connectivity index (χ2n) is 3.92. The molecule has 1 rings (SSSR count). The second-order valence-corrected chi connectivity index (χ2v) is 3.92. The van der Waals surface area contributed by atoms with Crippen LogP contribution in [0.3, 0.4) is 0 Å². The van der Waals surface area contributed by atoms with E-state index >= 15 is 0 Å². The molecular formula is C11H20N2O2. The van der Waals surface area contributed by atoms with E-state index in [1.165, 1.54) is 17.0 Å². The molecule has 1 heterocycles. The summed E-state index contributed by atoms with van der Waals surface area (Å²) in [6.45, 7) is 5.10. The molecule has 1 unspecified atom stereocenters. The zero-order chi connectivity index (χ0) is 11.4. The highest BCUT2D eigenvalue weighted by molar-refractivity contribution is 5.26. The Morgan fingerprint density at radius 3 is 2.60 bits per heavy atom. The van der Waals surface area contributed by atoms with Gasteiger partial charge in [-0.05, 0) is 25.5 Å². The highest BCUT2D eigenvalue weighted by Crippen LogP contribution is 2.12. The van der Waals surface area contributed by atoms with Gasteiger partial charge in [0, 0.05) is 31.5 Å². The van der Waals surface area contributed by atoms with Gasteiger partial charge in [0.15, 0.2) is 0 Å². The van der Waals surface area contributed by atoms with E-state index in [9.17, 15) is 0 Å². The standard InChI is InChI=1S/C11H20N2O2/c1-8-4-10(9(2)13(8)3)5-12-6-11(15)7-14/h4,11-12,14-15H,5-7H2,1-3H3. The largest absolute Gasteiger partial charge is 0.394 e. The maximum Gasteiger partial charge on any atom is 0.0895 e. The molecule has 0 fully saturated rings. The van der Waals surface area contributed by atoms with Crippen LogP contribution in [0.25, 0.3) is 0 Å². The fourth-order valence-corrected chi connectivity index (χ4v) is 1.55. The summed E-state index contributed by atoms with van der Waals surface area (Å²) in [5.74, 6) is 0. The molecule has 0 radical (unpaired) electrons. The number of rotatable bonds is 5. The quantitative estimate of drug-likeness (QED) is 0.648. The molecule has 0 amide bonds. The van der Waals surface area contributed by atoms with Crippen LogP contribution in [0, 0.1) is 13.8 Å². The van der Waals surface area contributed by atoms with Gasteiger partial charge in [0.2, 0.25) is 0 Å². The average Bonchev–Trinajstić information content (AvgIpc) is 2.46. The summed E-state index contributed by atoms with van der Waals surface area (Å²) in [4.78, 5) is 0. The molecule has 0 spiro atoms. The summed E-state index contributed by atoms with van der Waals surface area (Å²) >= 11 is 0. The fraction of sp³-hybridized carbons (Fsp3) is 0.636. The molecule has 1 atom stereocenters. The Balaban J connectivity index is 2.47. The number of nitrogens with zero attached hydrogens (tertiary/aromatic N) is 1. The first kappa shape index (κ1) is 12.2. The van der Waals surface area contributed by atoms with Crippen LogP contribution in [-0.4, -0.2) is 34.0 Å². The van der Waals surface area contributed by atoms with Crippen molar-refractivity contribution in [2.75, 3.05) is 13.2 Å². The minimum Gasteiger partial charge on any atom is -0.394 e. The van der Waals surface area contributed by atoms with Crippen LogP contribution in [-0.2, 0) is 13.6 Å². The fourth-order valence-electron chi connectivity index (χ4n) is 1.55. The number of hydrogen-bond donors (Lipinski definition) is 3. The lowest BCUT2D eigenvalue weighted by atomic mass is 10.2. The molecule has 4 heteroatoms. The Kier molecular flexibility index (Phi) is 4.32. The van der Waals surface area contributed by atoms with E-state index in [4.69, 9.17) is 10.2 Å². The molecule has 15 heavy (non-hydrogen) atoms. The summed E-state index contributed by atoms with van der Waals surface area (Å²) in [6, 6.07) is 2.13. The van der Waals surface area contributed by atoms with E-state index in [0.29, 0.717) is 6.54 Å². The maximum absolute atomic E-state index is 9.15. The van der Waals surface area contributed by atoms with Crippen molar-refractivity contribution in [1.82, 2.24) is 9.88 Å². The van der Waals surface area contributed by atoms with Crippen molar-refractivity contribution in [1.29, 1.82) is 0 Å². The van der Waals surface area contributed by atoms with E-state index in [0.717, 1.165) is 6.54 Å². The topological polar surface area (TPSA) is 57.4 Å². The molecule has 0 aromatic carbocycles. The Bertz CT molecular complexity index is 321. The smallest absolute Gasteiger partial charge is 0.0895 e. The molecule has 4 nitrogen and oxygen atoms in total. The predicted octanol–water partition coefficient (Wildman–Crippen LogP) is 0.0847. The van der Waals surface area contributed by atoms with E-state index < -0.39 is 6.10 Å². The molecule has 0 aliphatic heterocycles. The Hall–Kier alpha value is -0.840. The first-order valence-electron chi connectivity index (χ1n) is 5.17. The van der Waals surface area contributed by atoms with Crippen molar-refractivity contribution in [3.05, 3.63) is 23.0 Å². The Labute approximate surface area is 90.5 Å². The van der Waals surface area contributed by atoms with Crippen molar-refractivity contribution in [2.45, 2.75) is 26.5 Å². The van der Waals surface area contributed by atoms with Gasteiger partial charge in [-0.15, -0.1) is 0 Å². The molecule has 1 aromatic heterocycles. The number of aromatic nitrogens is 1. The Morgan fingerprint density at radius 1 is 1.47 bits per heavy atom. The average molecular weight is 212 g/mol. The zero-order valence-corrected chi connectivity index (χ0v) is 9.62. The van der Waals surface area contributed by atoms with Crippen molar-refractivity contribution in [3.8, 4) is 0 Å². The lowest BCUT2D eigenvalue weighted by Gasteiger charge is -2.08. The van der Waals surface area contributed by atoms with Gasteiger partial charge in [-0.2, -0.15) is 0 Å². The maximum atomic E-state index is 9.15. The number of hydrogen-bond acceptors (Lipinski definition) is 3. The van der Waals surface area contributed by atoms with Gasteiger partial charge < -0.3 is 20.1 Å². The SMILES string of the molecule is Cc1cc(CNCC(O)CO)c(C)n1C. The second kappa shape index (κ2) is 5.30. The van der Waals surface area contributed by atoms with E-state index in [1.807, 2.05) is 7.05 Å². The first-order valence-corrected chi connectivity index (χ1v) is 5.17. The predicted molar refractivity (Wildman–Crippen MR) is 59.7 cm³/mol. The number of aliphatic hydroxyl groups excluding tert-OH is 2. The molecule has 3 N–H and O–H groups in total. The molecule has 1 aromatic rings. The Morgan fingerprint density at radius 2 is 2.13 bits per heavy atom. The van der Waals surface area contributed by atoms with Gasteiger partial charge in [0.05, 0.1) is 12.7 Å². The van der Waals surface area contributed by atoms with Crippen LogP contribution < -0.4 is 5.32 Å². The summed E-state index contributed by atoms with van der Waals surface area (Å²) in [7, 11) is 2.04. The number of aliphatic hydroxyl groups is 2. The highest BCUT2D eigenvalue weighted by Gasteiger charge is 2.06. The van der Waals surface area contributed by atoms with Crippen molar-refractivity contribution >= 4 is 0 Å². The first-order chi connectivity index (χ1) is 7.06. The van der Waals surface area contributed by atoms with Gasteiger partial charge >= 0.3 is 0 Å². The summed E-state index contributed by atoms with van der Waals surface area (Å²) < 4.78 is 2.14. The molecule has 0 saturated heterocycles.